The molecule has 0 radical (unpaired) electrons. The van der Waals surface area contributed by atoms with Crippen LogP contribution in [0.25, 0.3) is 0 Å². The number of nitrogens with zero attached hydrogens (tertiary/aromatic N) is 1. The summed E-state index contributed by atoms with van der Waals surface area (Å²) in [6.45, 7) is 6.76. The highest BCUT2D eigenvalue weighted by Crippen LogP contribution is 2.22. The lowest BCUT2D eigenvalue weighted by atomic mass is 10.1. The van der Waals surface area contributed by atoms with Crippen molar-refractivity contribution < 1.29 is 9.26 Å². The Balaban J connectivity index is 2.15. The van der Waals surface area contributed by atoms with Gasteiger partial charge in [-0.25, -0.2) is 0 Å². The highest BCUT2D eigenvalue weighted by atomic mass is 16.5. The first-order chi connectivity index (χ1) is 8.61. The molecule has 0 unspecified atom stereocenters. The quantitative estimate of drug-likeness (QED) is 0.900. The summed E-state index contributed by atoms with van der Waals surface area (Å²) in [5.41, 5.74) is 9.78. The maximum absolute atomic E-state index is 5.81. The van der Waals surface area contributed by atoms with Gasteiger partial charge in [0, 0.05) is 12.1 Å². The third kappa shape index (κ3) is 2.54. The molecule has 96 valence electrons. The number of benzene rings is 1. The largest absolute Gasteiger partial charge is 0.488 e. The van der Waals surface area contributed by atoms with E-state index in [1.807, 2.05) is 39.0 Å². The predicted molar refractivity (Wildman–Crippen MR) is 69.4 cm³/mol. The molecule has 4 nitrogen and oxygen atoms in total. The number of hydrogen-bond donors (Lipinski definition) is 1. The van der Waals surface area contributed by atoms with E-state index in [0.29, 0.717) is 13.2 Å². The summed E-state index contributed by atoms with van der Waals surface area (Å²) in [6, 6.07) is 6.01. The molecule has 2 aromatic rings. The Bertz CT molecular complexity index is 527. The topological polar surface area (TPSA) is 61.3 Å². The minimum Gasteiger partial charge on any atom is -0.488 e. The Kier molecular flexibility index (Phi) is 3.67. The monoisotopic (exact) mass is 246 g/mol. The lowest BCUT2D eigenvalue weighted by molar-refractivity contribution is 0.298. The van der Waals surface area contributed by atoms with Crippen LogP contribution in [0.3, 0.4) is 0 Å². The van der Waals surface area contributed by atoms with E-state index in [1.54, 1.807) is 0 Å². The van der Waals surface area contributed by atoms with E-state index in [1.165, 1.54) is 5.56 Å². The molecule has 4 heteroatoms. The molecular formula is C14H18N2O2. The van der Waals surface area contributed by atoms with E-state index >= 15 is 0 Å². The van der Waals surface area contributed by atoms with Crippen molar-refractivity contribution in [2.75, 3.05) is 0 Å². The fourth-order valence-electron chi connectivity index (χ4n) is 1.87. The molecule has 1 aromatic carbocycles. The highest BCUT2D eigenvalue weighted by Gasteiger charge is 2.10. The minimum atomic E-state index is 0.456. The Morgan fingerprint density at radius 2 is 2.06 bits per heavy atom. The van der Waals surface area contributed by atoms with Crippen LogP contribution in [-0.2, 0) is 13.2 Å². The number of hydrogen-bond acceptors (Lipinski definition) is 4. The van der Waals surface area contributed by atoms with Crippen LogP contribution < -0.4 is 10.5 Å². The summed E-state index contributed by atoms with van der Waals surface area (Å²) < 4.78 is 10.9. The zero-order valence-corrected chi connectivity index (χ0v) is 11.0. The third-order valence-corrected chi connectivity index (χ3v) is 2.99. The first-order valence-electron chi connectivity index (χ1n) is 5.96. The second-order valence-corrected chi connectivity index (χ2v) is 4.41. The van der Waals surface area contributed by atoms with E-state index < -0.39 is 0 Å². The Labute approximate surface area is 107 Å². The van der Waals surface area contributed by atoms with Gasteiger partial charge in [-0.1, -0.05) is 22.9 Å². The van der Waals surface area contributed by atoms with Crippen LogP contribution in [0.1, 0.15) is 28.1 Å². The van der Waals surface area contributed by atoms with Gasteiger partial charge in [0.05, 0.1) is 11.3 Å². The van der Waals surface area contributed by atoms with Crippen molar-refractivity contribution >= 4 is 0 Å². The summed E-state index contributed by atoms with van der Waals surface area (Å²) in [6.07, 6.45) is 0. The van der Waals surface area contributed by atoms with Crippen LogP contribution in [0.5, 0.6) is 5.75 Å². The molecule has 2 rings (SSSR count). The van der Waals surface area contributed by atoms with Gasteiger partial charge in [0.2, 0.25) is 0 Å². The standard InChI is InChI=1S/C14H18N2O2/c1-9-4-5-14(12(6-9)7-15)17-8-13-10(2)16-18-11(13)3/h4-6H,7-8,15H2,1-3H3. The van der Waals surface area contributed by atoms with Crippen molar-refractivity contribution in [2.24, 2.45) is 5.73 Å². The molecule has 2 N–H and O–H groups in total. The van der Waals surface area contributed by atoms with Crippen molar-refractivity contribution in [1.82, 2.24) is 5.16 Å². The summed E-state index contributed by atoms with van der Waals surface area (Å²) >= 11 is 0. The van der Waals surface area contributed by atoms with E-state index in [4.69, 9.17) is 15.0 Å². The molecule has 0 aliphatic carbocycles. The van der Waals surface area contributed by atoms with Gasteiger partial charge in [-0.2, -0.15) is 0 Å². The van der Waals surface area contributed by atoms with Crippen LogP contribution in [-0.4, -0.2) is 5.16 Å². The smallest absolute Gasteiger partial charge is 0.140 e. The number of aryl methyl sites for hydroxylation is 3. The molecule has 0 atom stereocenters. The Morgan fingerprint density at radius 3 is 2.67 bits per heavy atom. The maximum Gasteiger partial charge on any atom is 0.140 e. The molecule has 0 amide bonds. The van der Waals surface area contributed by atoms with E-state index in [-0.39, 0.29) is 0 Å². The first kappa shape index (κ1) is 12.6. The Hall–Kier alpha value is -1.81. The fourth-order valence-corrected chi connectivity index (χ4v) is 1.87. The normalized spacial score (nSPS) is 10.7. The maximum atomic E-state index is 5.81. The number of aromatic nitrogens is 1. The van der Waals surface area contributed by atoms with Crippen molar-refractivity contribution in [3.8, 4) is 5.75 Å². The molecule has 0 aliphatic heterocycles. The fraction of sp³-hybridized carbons (Fsp3) is 0.357. The average Bonchev–Trinajstić information content (AvgIpc) is 2.68. The van der Waals surface area contributed by atoms with Gasteiger partial charge in [0.25, 0.3) is 0 Å². The molecule has 1 aromatic heterocycles. The molecule has 0 bridgehead atoms. The third-order valence-electron chi connectivity index (χ3n) is 2.99. The average molecular weight is 246 g/mol. The van der Waals surface area contributed by atoms with Crippen LogP contribution >= 0.6 is 0 Å². The van der Waals surface area contributed by atoms with Crippen LogP contribution in [0.2, 0.25) is 0 Å². The lowest BCUT2D eigenvalue weighted by Gasteiger charge is -2.11. The second-order valence-electron chi connectivity index (χ2n) is 4.41. The summed E-state index contributed by atoms with van der Waals surface area (Å²) in [5.74, 6) is 1.62. The molecule has 0 saturated carbocycles. The van der Waals surface area contributed by atoms with Crippen molar-refractivity contribution in [2.45, 2.75) is 33.9 Å². The van der Waals surface area contributed by atoms with E-state index in [2.05, 4.69) is 5.16 Å². The van der Waals surface area contributed by atoms with Gasteiger partial charge in [0.1, 0.15) is 18.1 Å². The zero-order valence-electron chi connectivity index (χ0n) is 11.0. The molecule has 0 saturated heterocycles. The van der Waals surface area contributed by atoms with Crippen molar-refractivity contribution in [3.63, 3.8) is 0 Å². The molecule has 0 fully saturated rings. The predicted octanol–water partition coefficient (Wildman–Crippen LogP) is 2.64. The van der Waals surface area contributed by atoms with Gasteiger partial charge in [0.15, 0.2) is 0 Å². The van der Waals surface area contributed by atoms with Crippen LogP contribution in [0, 0.1) is 20.8 Å². The van der Waals surface area contributed by atoms with Gasteiger partial charge < -0.3 is 15.0 Å². The minimum absolute atomic E-state index is 0.456. The number of ether oxygens (including phenoxy) is 1. The van der Waals surface area contributed by atoms with E-state index in [0.717, 1.165) is 28.3 Å². The summed E-state index contributed by atoms with van der Waals surface area (Å²) in [5, 5.41) is 3.91. The SMILES string of the molecule is Cc1ccc(OCc2c(C)noc2C)c(CN)c1. The van der Waals surface area contributed by atoms with Crippen LogP contribution in [0.15, 0.2) is 22.7 Å². The van der Waals surface area contributed by atoms with Crippen LogP contribution in [0.4, 0.5) is 0 Å². The summed E-state index contributed by atoms with van der Waals surface area (Å²) in [4.78, 5) is 0. The summed E-state index contributed by atoms with van der Waals surface area (Å²) in [7, 11) is 0. The molecule has 18 heavy (non-hydrogen) atoms. The molecule has 1 heterocycles. The number of rotatable bonds is 4. The van der Waals surface area contributed by atoms with Crippen molar-refractivity contribution in [1.29, 1.82) is 0 Å². The molecule has 0 aliphatic rings. The molecular weight excluding hydrogens is 228 g/mol. The van der Waals surface area contributed by atoms with Gasteiger partial charge >= 0.3 is 0 Å². The zero-order chi connectivity index (χ0) is 13.1. The van der Waals surface area contributed by atoms with Gasteiger partial charge in [-0.3, -0.25) is 0 Å². The number of nitrogens with two attached hydrogens (primary N) is 1. The second kappa shape index (κ2) is 5.23. The van der Waals surface area contributed by atoms with E-state index in [9.17, 15) is 0 Å². The molecule has 0 spiro atoms. The van der Waals surface area contributed by atoms with Gasteiger partial charge in [-0.05, 0) is 26.8 Å². The Morgan fingerprint density at radius 1 is 1.28 bits per heavy atom. The van der Waals surface area contributed by atoms with Crippen molar-refractivity contribution in [3.05, 3.63) is 46.3 Å². The highest BCUT2D eigenvalue weighted by molar-refractivity contribution is 5.37. The first-order valence-corrected chi connectivity index (χ1v) is 5.96. The van der Waals surface area contributed by atoms with Gasteiger partial charge in [-0.15, -0.1) is 0 Å². The lowest BCUT2D eigenvalue weighted by Crippen LogP contribution is -2.04.